The molecule has 9 heteroatoms. The average Bonchev–Trinajstić information content (AvgIpc) is 3.05. The molecule has 1 fully saturated rings. The second-order valence-corrected chi connectivity index (χ2v) is 10.1. The summed E-state index contributed by atoms with van der Waals surface area (Å²) in [6, 6.07) is 7.11. The number of likely N-dealkylation sites (tertiary alicyclic amines) is 1. The fourth-order valence-corrected chi connectivity index (χ4v) is 5.63. The Morgan fingerprint density at radius 3 is 2.65 bits per heavy atom. The third-order valence-corrected chi connectivity index (χ3v) is 7.45. The van der Waals surface area contributed by atoms with Crippen LogP contribution in [-0.4, -0.2) is 43.5 Å². The van der Waals surface area contributed by atoms with E-state index in [4.69, 9.17) is 4.52 Å². The molecule has 0 spiro atoms. The lowest BCUT2D eigenvalue weighted by molar-refractivity contribution is -0.122. The Bertz CT molecular complexity index is 999. The first-order valence-electron chi connectivity index (χ1n) is 10.7. The van der Waals surface area contributed by atoms with Crippen LogP contribution in [0.3, 0.4) is 0 Å². The highest BCUT2D eigenvalue weighted by Crippen LogP contribution is 2.20. The van der Waals surface area contributed by atoms with Crippen LogP contribution in [0.1, 0.15) is 49.3 Å². The summed E-state index contributed by atoms with van der Waals surface area (Å²) in [5.41, 5.74) is 2.48. The molecule has 0 radical (unpaired) electrons. The maximum atomic E-state index is 12.6. The molecule has 170 valence electrons. The van der Waals surface area contributed by atoms with E-state index in [1.165, 1.54) is 32.3 Å². The Hall–Kier alpha value is -2.23. The fourth-order valence-electron chi connectivity index (χ4n) is 4.09. The van der Waals surface area contributed by atoms with E-state index in [1.807, 2.05) is 18.2 Å². The predicted octanol–water partition coefficient (Wildman–Crippen LogP) is 2.51. The number of carbonyl (C=O) groups is 1. The average molecular weight is 449 g/mol. The maximum absolute atomic E-state index is 12.6. The molecule has 1 saturated heterocycles. The van der Waals surface area contributed by atoms with Crippen LogP contribution < -0.4 is 10.0 Å². The molecule has 2 aromatic rings. The van der Waals surface area contributed by atoms with Crippen molar-refractivity contribution in [2.45, 2.75) is 64.6 Å². The molecule has 0 bridgehead atoms. The van der Waals surface area contributed by atoms with Gasteiger partial charge in [-0.1, -0.05) is 36.3 Å². The van der Waals surface area contributed by atoms with Gasteiger partial charge in [0.2, 0.25) is 15.9 Å². The predicted molar refractivity (Wildman–Crippen MR) is 118 cm³/mol. The first-order chi connectivity index (χ1) is 14.7. The molecular weight excluding hydrogens is 416 g/mol. The first kappa shape index (κ1) is 23.4. The fraction of sp³-hybridized carbons (Fsp3) is 0.545. The molecule has 0 saturated carbocycles. The van der Waals surface area contributed by atoms with E-state index in [2.05, 4.69) is 33.1 Å². The minimum Gasteiger partial charge on any atom is -0.360 e. The van der Waals surface area contributed by atoms with Crippen LogP contribution in [-0.2, 0) is 27.9 Å². The highest BCUT2D eigenvalue weighted by Gasteiger charge is 2.28. The largest absolute Gasteiger partial charge is 0.360 e. The van der Waals surface area contributed by atoms with Crippen LogP contribution in [0, 0.1) is 19.8 Å². The topological polar surface area (TPSA) is 105 Å². The van der Waals surface area contributed by atoms with Crippen molar-refractivity contribution in [1.82, 2.24) is 20.1 Å². The number of hydrogen-bond acceptors (Lipinski definition) is 6. The van der Waals surface area contributed by atoms with Crippen LogP contribution in [0.5, 0.6) is 0 Å². The van der Waals surface area contributed by atoms with Crippen molar-refractivity contribution >= 4 is 15.9 Å². The zero-order chi connectivity index (χ0) is 22.6. The summed E-state index contributed by atoms with van der Waals surface area (Å²) in [5.74, 6) is 0.502. The Morgan fingerprint density at radius 2 is 2.00 bits per heavy atom. The molecule has 2 heterocycles. The van der Waals surface area contributed by atoms with Crippen molar-refractivity contribution in [3.05, 3.63) is 46.8 Å². The Kier molecular flexibility index (Phi) is 7.51. The van der Waals surface area contributed by atoms with Gasteiger partial charge < -0.3 is 9.84 Å². The van der Waals surface area contributed by atoms with Gasteiger partial charge in [0.25, 0.3) is 0 Å². The van der Waals surface area contributed by atoms with E-state index in [-0.39, 0.29) is 16.3 Å². The van der Waals surface area contributed by atoms with Crippen molar-refractivity contribution in [3.63, 3.8) is 0 Å². The Labute approximate surface area is 184 Å². The van der Waals surface area contributed by atoms with Gasteiger partial charge in [0.05, 0.1) is 6.04 Å². The van der Waals surface area contributed by atoms with Crippen LogP contribution in [0.4, 0.5) is 0 Å². The molecule has 8 nitrogen and oxygen atoms in total. The van der Waals surface area contributed by atoms with Crippen LogP contribution >= 0.6 is 0 Å². The number of amides is 1. The van der Waals surface area contributed by atoms with Crippen molar-refractivity contribution in [3.8, 4) is 0 Å². The van der Waals surface area contributed by atoms with Gasteiger partial charge in [0.1, 0.15) is 10.6 Å². The van der Waals surface area contributed by atoms with E-state index in [1.54, 1.807) is 6.92 Å². The second-order valence-electron chi connectivity index (χ2n) is 8.47. The van der Waals surface area contributed by atoms with E-state index >= 15 is 0 Å². The zero-order valence-electron chi connectivity index (χ0n) is 18.6. The number of hydrogen-bond donors (Lipinski definition) is 2. The molecule has 2 N–H and O–H groups in total. The lowest BCUT2D eigenvalue weighted by atomic mass is 9.99. The van der Waals surface area contributed by atoms with Gasteiger partial charge in [-0.2, -0.15) is 4.72 Å². The van der Waals surface area contributed by atoms with Gasteiger partial charge >= 0.3 is 0 Å². The van der Waals surface area contributed by atoms with Gasteiger partial charge in [-0.15, -0.1) is 0 Å². The van der Waals surface area contributed by atoms with Crippen molar-refractivity contribution in [2.24, 2.45) is 5.92 Å². The quantitative estimate of drug-likeness (QED) is 0.643. The summed E-state index contributed by atoms with van der Waals surface area (Å²) in [5, 5.41) is 6.53. The molecule has 1 aliphatic rings. The maximum Gasteiger partial charge on any atom is 0.246 e. The van der Waals surface area contributed by atoms with Crippen LogP contribution in [0.15, 0.2) is 33.7 Å². The lowest BCUT2D eigenvalue weighted by Crippen LogP contribution is -2.44. The standard InChI is InChI=1S/C22H32N4O4S/c1-15-8-7-11-26(13-15)14-20-10-6-5-9-19(20)12-23-22(27)17(3)25-31(28,29)21-16(2)24-30-18(21)4/h5-6,9-10,15,17,25H,7-8,11-14H2,1-4H3,(H,23,27)/t15?,17-/m0/s1. The minimum absolute atomic E-state index is 0.0201. The molecule has 3 rings (SSSR count). The SMILES string of the molecule is Cc1noc(C)c1S(=O)(=O)N[C@@H](C)C(=O)NCc1ccccc1CN1CCCC(C)C1. The highest BCUT2D eigenvalue weighted by atomic mass is 32.2. The number of rotatable bonds is 8. The van der Waals surface area contributed by atoms with Gasteiger partial charge in [0, 0.05) is 19.6 Å². The number of aromatic nitrogens is 1. The number of benzene rings is 1. The first-order valence-corrected chi connectivity index (χ1v) is 12.2. The molecule has 31 heavy (non-hydrogen) atoms. The number of piperidine rings is 1. The molecule has 1 aliphatic heterocycles. The minimum atomic E-state index is -3.91. The summed E-state index contributed by atoms with van der Waals surface area (Å²) in [6.07, 6.45) is 2.48. The monoisotopic (exact) mass is 448 g/mol. The molecular formula is C22H32N4O4S. The van der Waals surface area contributed by atoms with Gasteiger partial charge in [-0.05, 0) is 57.2 Å². The number of aryl methyl sites for hydroxylation is 2. The lowest BCUT2D eigenvalue weighted by Gasteiger charge is -2.31. The van der Waals surface area contributed by atoms with Crippen molar-refractivity contribution < 1.29 is 17.7 Å². The number of nitrogens with one attached hydrogen (secondary N) is 2. The van der Waals surface area contributed by atoms with Crippen molar-refractivity contribution in [1.29, 1.82) is 0 Å². The second kappa shape index (κ2) is 9.93. The number of sulfonamides is 1. The summed E-state index contributed by atoms with van der Waals surface area (Å²) in [4.78, 5) is 15.0. The summed E-state index contributed by atoms with van der Waals surface area (Å²) in [7, 11) is -3.91. The van der Waals surface area contributed by atoms with E-state index in [0.717, 1.165) is 25.2 Å². The smallest absolute Gasteiger partial charge is 0.246 e. The summed E-state index contributed by atoms with van der Waals surface area (Å²) >= 11 is 0. The number of carbonyl (C=O) groups excluding carboxylic acids is 1. The summed E-state index contributed by atoms with van der Waals surface area (Å²) in [6.45, 7) is 10.2. The van der Waals surface area contributed by atoms with E-state index in [0.29, 0.717) is 12.5 Å². The van der Waals surface area contributed by atoms with Gasteiger partial charge in [-0.25, -0.2) is 8.42 Å². The highest BCUT2D eigenvalue weighted by molar-refractivity contribution is 7.89. The third kappa shape index (κ3) is 5.93. The molecule has 1 amide bonds. The van der Waals surface area contributed by atoms with E-state index in [9.17, 15) is 13.2 Å². The molecule has 1 aromatic heterocycles. The normalized spacial score (nSPS) is 18.6. The molecule has 1 aromatic carbocycles. The molecule has 1 unspecified atom stereocenters. The molecule has 2 atom stereocenters. The zero-order valence-corrected chi connectivity index (χ0v) is 19.5. The van der Waals surface area contributed by atoms with Gasteiger partial charge in [-0.3, -0.25) is 9.69 Å². The Balaban J connectivity index is 1.60. The third-order valence-electron chi connectivity index (χ3n) is 5.67. The van der Waals surface area contributed by atoms with Crippen LogP contribution in [0.2, 0.25) is 0 Å². The molecule has 0 aliphatic carbocycles. The van der Waals surface area contributed by atoms with E-state index < -0.39 is 22.0 Å². The van der Waals surface area contributed by atoms with Crippen molar-refractivity contribution in [2.75, 3.05) is 13.1 Å². The van der Waals surface area contributed by atoms with Gasteiger partial charge in [0.15, 0.2) is 5.76 Å². The number of nitrogens with zero attached hydrogens (tertiary/aromatic N) is 2. The van der Waals surface area contributed by atoms with Crippen LogP contribution in [0.25, 0.3) is 0 Å². The Morgan fingerprint density at radius 1 is 1.29 bits per heavy atom. The summed E-state index contributed by atoms with van der Waals surface area (Å²) < 4.78 is 32.6.